The Kier molecular flexibility index (Phi) is 10.6. The Morgan fingerprint density at radius 2 is 0.481 bits per heavy atom. The quantitative estimate of drug-likeness (QED) is 0.138. The van der Waals surface area contributed by atoms with Gasteiger partial charge in [-0.25, -0.2) is 0 Å². The van der Waals surface area contributed by atoms with Crippen LogP contribution in [0.4, 0.5) is 0 Å². The molecule has 0 bridgehead atoms. The Morgan fingerprint density at radius 1 is 0.169 bits per heavy atom. The predicted molar refractivity (Wildman–Crippen MR) is 327 cm³/mol. The van der Waals surface area contributed by atoms with Crippen molar-refractivity contribution in [3.05, 3.63) is 291 Å². The summed E-state index contributed by atoms with van der Waals surface area (Å²) in [5.74, 6) is 0. The maximum absolute atomic E-state index is 6.88. The van der Waals surface area contributed by atoms with E-state index in [4.69, 9.17) is 4.42 Å². The first-order valence-corrected chi connectivity index (χ1v) is 26.6. The van der Waals surface area contributed by atoms with Gasteiger partial charge in [0.2, 0.25) is 0 Å². The summed E-state index contributed by atoms with van der Waals surface area (Å²) in [6, 6.07) is 107. The molecule has 358 valence electrons. The SMILES string of the molecule is c1ccc(-c2cc(-c3ccccc3)cc(-c3c4ccccc4c(-c4ccc5oc6cccc(-c7c8ccccc8c(-c8cc(-c9ccccc9)cc(-c9ccccc9)c8)c8ccccc78)c6c5c4)c4ccccc34)c2)cc1. The summed E-state index contributed by atoms with van der Waals surface area (Å²) < 4.78 is 6.88. The van der Waals surface area contributed by atoms with Crippen molar-refractivity contribution in [2.24, 2.45) is 0 Å². The highest BCUT2D eigenvalue weighted by Gasteiger charge is 2.23. The summed E-state index contributed by atoms with van der Waals surface area (Å²) in [6.07, 6.45) is 0. The summed E-state index contributed by atoms with van der Waals surface area (Å²) in [6.45, 7) is 0. The number of furan rings is 1. The van der Waals surface area contributed by atoms with Gasteiger partial charge in [0.25, 0.3) is 0 Å². The van der Waals surface area contributed by atoms with Gasteiger partial charge in [0.05, 0.1) is 0 Å². The zero-order valence-corrected chi connectivity index (χ0v) is 42.1. The second-order valence-corrected chi connectivity index (χ2v) is 20.2. The van der Waals surface area contributed by atoms with Gasteiger partial charge in [-0.3, -0.25) is 0 Å². The van der Waals surface area contributed by atoms with Gasteiger partial charge < -0.3 is 4.42 Å². The van der Waals surface area contributed by atoms with Crippen molar-refractivity contribution in [1.29, 1.82) is 0 Å². The number of hydrogen-bond acceptors (Lipinski definition) is 1. The van der Waals surface area contributed by atoms with Gasteiger partial charge in [-0.05, 0) is 187 Å². The van der Waals surface area contributed by atoms with Crippen LogP contribution in [0.15, 0.2) is 296 Å². The summed E-state index contributed by atoms with van der Waals surface area (Å²) in [5, 5.41) is 11.9. The minimum Gasteiger partial charge on any atom is -0.456 e. The normalized spacial score (nSPS) is 11.6. The standard InChI is InChI=1S/C76H48O/c1-5-22-49(23-6-1)54-42-55(50-24-7-2-8-25-50)45-58(44-54)73-62-32-15-13-30-60(62)72(61-31-14-16-33-63(61)73)53-40-41-70-69(48-53)76-68(38-21-39-71(76)77-70)75-66-36-19-17-34-64(66)74(65-35-18-20-37-67(65)75)59-46-56(51-26-9-3-10-27-51)43-57(47-59)52-28-11-4-12-29-52/h1-48H. The van der Waals surface area contributed by atoms with Gasteiger partial charge in [0.1, 0.15) is 11.2 Å². The average Bonchev–Trinajstić information content (AvgIpc) is 3.91. The zero-order chi connectivity index (χ0) is 50.8. The van der Waals surface area contributed by atoms with Crippen molar-refractivity contribution >= 4 is 65.0 Å². The summed E-state index contributed by atoms with van der Waals surface area (Å²) in [7, 11) is 0. The zero-order valence-electron chi connectivity index (χ0n) is 42.1. The van der Waals surface area contributed by atoms with Gasteiger partial charge in [0.15, 0.2) is 0 Å². The van der Waals surface area contributed by atoms with Gasteiger partial charge in [-0.2, -0.15) is 0 Å². The van der Waals surface area contributed by atoms with Crippen molar-refractivity contribution in [2.45, 2.75) is 0 Å². The molecule has 0 saturated heterocycles. The molecular weight excluding hydrogens is 929 g/mol. The van der Waals surface area contributed by atoms with E-state index in [0.717, 1.165) is 33.1 Å². The van der Waals surface area contributed by atoms with Crippen LogP contribution in [0.25, 0.3) is 154 Å². The Morgan fingerprint density at radius 3 is 0.844 bits per heavy atom. The van der Waals surface area contributed by atoms with Crippen molar-refractivity contribution in [1.82, 2.24) is 0 Å². The van der Waals surface area contributed by atoms with E-state index in [1.165, 1.54) is 121 Å². The molecule has 0 atom stereocenters. The van der Waals surface area contributed by atoms with Crippen LogP contribution in [0, 0.1) is 0 Å². The molecule has 0 amide bonds. The molecule has 0 N–H and O–H groups in total. The van der Waals surface area contributed by atoms with Crippen LogP contribution < -0.4 is 0 Å². The molecule has 0 aliphatic rings. The van der Waals surface area contributed by atoms with Crippen LogP contribution in [0.3, 0.4) is 0 Å². The second-order valence-electron chi connectivity index (χ2n) is 20.2. The van der Waals surface area contributed by atoms with Crippen LogP contribution in [0.1, 0.15) is 0 Å². The fourth-order valence-electron chi connectivity index (χ4n) is 12.4. The van der Waals surface area contributed by atoms with E-state index < -0.39 is 0 Å². The lowest BCUT2D eigenvalue weighted by Crippen LogP contribution is -1.93. The Hall–Kier alpha value is -10.1. The lowest BCUT2D eigenvalue weighted by Gasteiger charge is -2.20. The first-order chi connectivity index (χ1) is 38.2. The smallest absolute Gasteiger partial charge is 0.136 e. The first-order valence-electron chi connectivity index (χ1n) is 26.6. The molecule has 1 nitrogen and oxygen atoms in total. The molecule has 0 unspecified atom stereocenters. The van der Waals surface area contributed by atoms with Crippen molar-refractivity contribution in [2.75, 3.05) is 0 Å². The van der Waals surface area contributed by atoms with Crippen molar-refractivity contribution in [3.8, 4) is 89.0 Å². The number of benzene rings is 14. The molecular formula is C76H48O. The molecule has 0 aliphatic heterocycles. The van der Waals surface area contributed by atoms with Crippen LogP contribution in [-0.2, 0) is 0 Å². The fourth-order valence-corrected chi connectivity index (χ4v) is 12.4. The molecule has 1 aromatic heterocycles. The van der Waals surface area contributed by atoms with E-state index in [1.807, 2.05) is 0 Å². The van der Waals surface area contributed by atoms with E-state index in [0.29, 0.717) is 0 Å². The van der Waals surface area contributed by atoms with Crippen molar-refractivity contribution < 1.29 is 4.42 Å². The lowest BCUT2D eigenvalue weighted by molar-refractivity contribution is 0.669. The molecule has 1 heterocycles. The van der Waals surface area contributed by atoms with Gasteiger partial charge in [0, 0.05) is 10.8 Å². The second kappa shape index (κ2) is 18.4. The monoisotopic (exact) mass is 976 g/mol. The summed E-state index contributed by atoms with van der Waals surface area (Å²) in [4.78, 5) is 0. The Bertz CT molecular complexity index is 4530. The first kappa shape index (κ1) is 44.4. The van der Waals surface area contributed by atoms with E-state index >= 15 is 0 Å². The predicted octanol–water partition coefficient (Wildman–Crippen LogP) is 21.5. The highest BCUT2D eigenvalue weighted by Crippen LogP contribution is 2.50. The molecule has 0 aliphatic carbocycles. The third-order valence-corrected chi connectivity index (χ3v) is 15.8. The van der Waals surface area contributed by atoms with Crippen LogP contribution in [0.2, 0.25) is 0 Å². The van der Waals surface area contributed by atoms with E-state index in [9.17, 15) is 0 Å². The molecule has 0 spiro atoms. The number of hydrogen-bond donors (Lipinski definition) is 0. The highest BCUT2D eigenvalue weighted by atomic mass is 16.3. The molecule has 15 rings (SSSR count). The Labute approximate surface area is 447 Å². The minimum atomic E-state index is 0.865. The molecule has 14 aromatic carbocycles. The molecule has 0 fully saturated rings. The number of rotatable bonds is 8. The average molecular weight is 977 g/mol. The topological polar surface area (TPSA) is 13.1 Å². The molecule has 0 saturated carbocycles. The fraction of sp³-hybridized carbons (Fsp3) is 0. The van der Waals surface area contributed by atoms with E-state index in [-0.39, 0.29) is 0 Å². The molecule has 0 radical (unpaired) electrons. The lowest BCUT2D eigenvalue weighted by atomic mass is 9.83. The van der Waals surface area contributed by atoms with E-state index in [1.54, 1.807) is 0 Å². The maximum atomic E-state index is 6.88. The highest BCUT2D eigenvalue weighted by molar-refractivity contribution is 6.27. The van der Waals surface area contributed by atoms with E-state index in [2.05, 4.69) is 291 Å². The molecule has 15 aromatic rings. The largest absolute Gasteiger partial charge is 0.456 e. The van der Waals surface area contributed by atoms with Gasteiger partial charge >= 0.3 is 0 Å². The van der Waals surface area contributed by atoms with Crippen LogP contribution in [-0.4, -0.2) is 0 Å². The summed E-state index contributed by atoms with van der Waals surface area (Å²) in [5.41, 5.74) is 20.8. The third kappa shape index (κ3) is 7.55. The van der Waals surface area contributed by atoms with Crippen LogP contribution >= 0.6 is 0 Å². The third-order valence-electron chi connectivity index (χ3n) is 15.8. The minimum absolute atomic E-state index is 0.865. The van der Waals surface area contributed by atoms with Gasteiger partial charge in [-0.1, -0.05) is 237 Å². The van der Waals surface area contributed by atoms with Gasteiger partial charge in [-0.15, -0.1) is 0 Å². The maximum Gasteiger partial charge on any atom is 0.136 e. The summed E-state index contributed by atoms with van der Waals surface area (Å²) >= 11 is 0. The number of fused-ring (bicyclic) bond motifs is 7. The van der Waals surface area contributed by atoms with Crippen LogP contribution in [0.5, 0.6) is 0 Å². The molecule has 77 heavy (non-hydrogen) atoms. The molecule has 1 heteroatoms. The van der Waals surface area contributed by atoms with Crippen molar-refractivity contribution in [3.63, 3.8) is 0 Å². The Balaban J connectivity index is 0.953.